The zero-order valence-electron chi connectivity index (χ0n) is 9.00. The first kappa shape index (κ1) is 11.4. The first-order chi connectivity index (χ1) is 7.59. The topological polar surface area (TPSA) is 64.7 Å². The summed E-state index contributed by atoms with van der Waals surface area (Å²) in [5, 5.41) is 10.1. The maximum atomic E-state index is 9.88. The van der Waals surface area contributed by atoms with Crippen LogP contribution in [0.5, 0.6) is 17.2 Å². The summed E-state index contributed by atoms with van der Waals surface area (Å²) in [7, 11) is 0. The molecule has 88 valence electrons. The van der Waals surface area contributed by atoms with Gasteiger partial charge in [0.05, 0.1) is 0 Å². The van der Waals surface area contributed by atoms with Crippen molar-refractivity contribution in [3.8, 4) is 17.2 Å². The fraction of sp³-hybridized carbons (Fsp3) is 0.455. The Hall–Kier alpha value is -1.13. The third-order valence-corrected chi connectivity index (χ3v) is 2.72. The third-order valence-electron chi connectivity index (χ3n) is 2.37. The van der Waals surface area contributed by atoms with Gasteiger partial charge < -0.3 is 20.3 Å². The minimum Gasteiger partial charge on any atom is -0.506 e. The number of rotatable bonds is 2. The molecule has 4 nitrogen and oxygen atoms in total. The van der Waals surface area contributed by atoms with Crippen LogP contribution in [-0.4, -0.2) is 24.4 Å². The van der Waals surface area contributed by atoms with Crippen LogP contribution in [-0.2, 0) is 6.42 Å². The highest BCUT2D eigenvalue weighted by Crippen LogP contribution is 2.45. The molecule has 0 aromatic heterocycles. The molecule has 1 aliphatic rings. The van der Waals surface area contributed by atoms with Gasteiger partial charge in [0.2, 0.25) is 0 Å². The fourth-order valence-electron chi connectivity index (χ4n) is 1.69. The van der Waals surface area contributed by atoms with Crippen LogP contribution in [0.2, 0.25) is 5.02 Å². The zero-order valence-corrected chi connectivity index (χ0v) is 9.75. The third kappa shape index (κ3) is 2.03. The van der Waals surface area contributed by atoms with E-state index >= 15 is 0 Å². The Kier molecular flexibility index (Phi) is 3.12. The Morgan fingerprint density at radius 2 is 2.19 bits per heavy atom. The van der Waals surface area contributed by atoms with Gasteiger partial charge >= 0.3 is 0 Å². The molecule has 1 unspecified atom stereocenters. The number of aromatic hydroxyl groups is 1. The Morgan fingerprint density at radius 1 is 1.50 bits per heavy atom. The summed E-state index contributed by atoms with van der Waals surface area (Å²) in [6.07, 6.45) is 0.544. The van der Waals surface area contributed by atoms with Crippen LogP contribution in [0.25, 0.3) is 0 Å². The maximum absolute atomic E-state index is 9.88. The minimum absolute atomic E-state index is 0.0308. The van der Waals surface area contributed by atoms with E-state index in [1.807, 2.05) is 6.92 Å². The highest BCUT2D eigenvalue weighted by Gasteiger charge is 2.21. The lowest BCUT2D eigenvalue weighted by atomic mass is 10.1. The van der Waals surface area contributed by atoms with Gasteiger partial charge in [-0.05, 0) is 19.4 Å². The SMILES string of the molecule is CC(N)Cc1cc2c(c(Cl)c1O)OCCO2. The van der Waals surface area contributed by atoms with Crippen LogP contribution in [0.1, 0.15) is 12.5 Å². The van der Waals surface area contributed by atoms with Crippen molar-refractivity contribution in [3.05, 3.63) is 16.7 Å². The van der Waals surface area contributed by atoms with Gasteiger partial charge in [-0.3, -0.25) is 0 Å². The summed E-state index contributed by atoms with van der Waals surface area (Å²) >= 11 is 6.00. The van der Waals surface area contributed by atoms with Gasteiger partial charge in [0.1, 0.15) is 24.0 Å². The predicted octanol–water partition coefficient (Wildman–Crippen LogP) is 1.71. The Bertz CT molecular complexity index is 407. The molecule has 1 atom stereocenters. The second kappa shape index (κ2) is 4.39. The van der Waals surface area contributed by atoms with Gasteiger partial charge in [-0.2, -0.15) is 0 Å². The van der Waals surface area contributed by atoms with Gasteiger partial charge in [0.25, 0.3) is 0 Å². The quantitative estimate of drug-likeness (QED) is 0.830. The van der Waals surface area contributed by atoms with Crippen LogP contribution >= 0.6 is 11.6 Å². The van der Waals surface area contributed by atoms with Crippen molar-refractivity contribution in [1.82, 2.24) is 0 Å². The molecule has 0 saturated heterocycles. The summed E-state index contributed by atoms with van der Waals surface area (Å²) in [6, 6.07) is 1.68. The van der Waals surface area contributed by atoms with Crippen molar-refractivity contribution in [2.45, 2.75) is 19.4 Å². The average Bonchev–Trinajstić information content (AvgIpc) is 2.25. The van der Waals surface area contributed by atoms with E-state index in [1.54, 1.807) is 6.07 Å². The van der Waals surface area contributed by atoms with Crippen molar-refractivity contribution in [1.29, 1.82) is 0 Å². The minimum atomic E-state index is -0.0514. The summed E-state index contributed by atoms with van der Waals surface area (Å²) in [4.78, 5) is 0. The second-order valence-electron chi connectivity index (χ2n) is 3.90. The molecule has 0 radical (unpaired) electrons. The molecule has 16 heavy (non-hydrogen) atoms. The van der Waals surface area contributed by atoms with E-state index in [9.17, 15) is 5.11 Å². The van der Waals surface area contributed by atoms with Crippen LogP contribution in [0.15, 0.2) is 6.07 Å². The molecule has 0 aliphatic carbocycles. The number of phenolic OH excluding ortho intramolecular Hbond substituents is 1. The summed E-state index contributed by atoms with van der Waals surface area (Å²) in [5.41, 5.74) is 6.38. The van der Waals surface area contributed by atoms with E-state index in [0.29, 0.717) is 36.7 Å². The number of ether oxygens (including phenoxy) is 2. The van der Waals surface area contributed by atoms with Crippen LogP contribution in [0.4, 0.5) is 0 Å². The van der Waals surface area contributed by atoms with Gasteiger partial charge in [0.15, 0.2) is 11.5 Å². The molecule has 0 amide bonds. The lowest BCUT2D eigenvalue weighted by molar-refractivity contribution is 0.170. The Balaban J connectivity index is 2.44. The molecule has 0 fully saturated rings. The molecule has 1 aliphatic heterocycles. The maximum Gasteiger partial charge on any atom is 0.183 e. The van der Waals surface area contributed by atoms with Crippen molar-refractivity contribution in [2.24, 2.45) is 5.73 Å². The normalized spacial score (nSPS) is 15.9. The number of nitrogens with two attached hydrogens (primary N) is 1. The van der Waals surface area contributed by atoms with E-state index in [2.05, 4.69) is 0 Å². The summed E-state index contributed by atoms with van der Waals surface area (Å²) < 4.78 is 10.8. The van der Waals surface area contributed by atoms with Gasteiger partial charge in [-0.1, -0.05) is 11.6 Å². The van der Waals surface area contributed by atoms with Gasteiger partial charge in [0, 0.05) is 11.6 Å². The van der Waals surface area contributed by atoms with Crippen molar-refractivity contribution in [3.63, 3.8) is 0 Å². The smallest absolute Gasteiger partial charge is 0.183 e. The molecule has 0 saturated carbocycles. The van der Waals surface area contributed by atoms with Crippen molar-refractivity contribution in [2.75, 3.05) is 13.2 Å². The number of benzene rings is 1. The van der Waals surface area contributed by atoms with E-state index in [1.165, 1.54) is 0 Å². The first-order valence-electron chi connectivity index (χ1n) is 5.15. The number of hydrogen-bond acceptors (Lipinski definition) is 4. The molecule has 1 aromatic carbocycles. The van der Waals surface area contributed by atoms with Crippen LogP contribution in [0.3, 0.4) is 0 Å². The molecule has 1 aromatic rings. The van der Waals surface area contributed by atoms with Crippen molar-refractivity contribution >= 4 is 11.6 Å². The van der Waals surface area contributed by atoms with E-state index in [4.69, 9.17) is 26.8 Å². The molecule has 0 spiro atoms. The molecule has 5 heteroatoms. The monoisotopic (exact) mass is 243 g/mol. The lowest BCUT2D eigenvalue weighted by Crippen LogP contribution is -2.19. The molecule has 1 heterocycles. The Labute approximate surface area is 98.9 Å². The van der Waals surface area contributed by atoms with Gasteiger partial charge in [-0.15, -0.1) is 0 Å². The highest BCUT2D eigenvalue weighted by molar-refractivity contribution is 6.33. The fourth-order valence-corrected chi connectivity index (χ4v) is 1.96. The average molecular weight is 244 g/mol. The molecule has 0 bridgehead atoms. The molecule has 3 N–H and O–H groups in total. The highest BCUT2D eigenvalue weighted by atomic mass is 35.5. The number of hydrogen-bond donors (Lipinski definition) is 2. The summed E-state index contributed by atoms with van der Waals surface area (Å²) in [6.45, 7) is 2.80. The number of phenols is 1. The van der Waals surface area contributed by atoms with Crippen LogP contribution < -0.4 is 15.2 Å². The van der Waals surface area contributed by atoms with E-state index in [-0.39, 0.29) is 16.8 Å². The van der Waals surface area contributed by atoms with E-state index < -0.39 is 0 Å². The number of fused-ring (bicyclic) bond motifs is 1. The van der Waals surface area contributed by atoms with Crippen LogP contribution in [0, 0.1) is 0 Å². The van der Waals surface area contributed by atoms with Crippen molar-refractivity contribution < 1.29 is 14.6 Å². The first-order valence-corrected chi connectivity index (χ1v) is 5.53. The second-order valence-corrected chi connectivity index (χ2v) is 4.28. The van der Waals surface area contributed by atoms with Gasteiger partial charge in [-0.25, -0.2) is 0 Å². The largest absolute Gasteiger partial charge is 0.506 e. The molecular formula is C11H14ClNO3. The standard InChI is InChI=1S/C11H14ClNO3/c1-6(13)4-7-5-8-11(9(12)10(7)14)16-3-2-15-8/h5-6,14H,2-4,13H2,1H3. The molecular weight excluding hydrogens is 230 g/mol. The number of halogens is 1. The lowest BCUT2D eigenvalue weighted by Gasteiger charge is -2.21. The Morgan fingerprint density at radius 3 is 2.88 bits per heavy atom. The van der Waals surface area contributed by atoms with E-state index in [0.717, 1.165) is 0 Å². The zero-order chi connectivity index (χ0) is 11.7. The molecule has 2 rings (SSSR count). The summed E-state index contributed by atoms with van der Waals surface area (Å²) in [5.74, 6) is 1.02. The predicted molar refractivity (Wildman–Crippen MR) is 61.5 cm³/mol.